The van der Waals surface area contributed by atoms with Gasteiger partial charge in [-0.2, -0.15) is 0 Å². The number of hydrogen-bond donors (Lipinski definition) is 1. The average molecular weight is 284 g/mol. The molecule has 1 aromatic carbocycles. The maximum atomic E-state index is 11.1. The van der Waals surface area contributed by atoms with Gasteiger partial charge in [-0.25, -0.2) is 0 Å². The van der Waals surface area contributed by atoms with E-state index in [1.807, 2.05) is 0 Å². The van der Waals surface area contributed by atoms with Crippen LogP contribution in [0, 0.1) is 10.1 Å². The predicted molar refractivity (Wildman–Crippen MR) is 75.4 cm³/mol. The van der Waals surface area contributed by atoms with Crippen molar-refractivity contribution in [3.63, 3.8) is 0 Å². The van der Waals surface area contributed by atoms with Gasteiger partial charge in [0.25, 0.3) is 5.69 Å². The third-order valence-corrected chi connectivity index (χ3v) is 3.74. The summed E-state index contributed by atoms with van der Waals surface area (Å²) in [6.45, 7) is 6.57. The Bertz CT molecular complexity index is 481. The number of benzene rings is 1. The second-order valence-electron chi connectivity index (χ2n) is 5.12. The Labute approximate surface area is 117 Å². The van der Waals surface area contributed by atoms with Gasteiger partial charge in [0.2, 0.25) is 0 Å². The van der Waals surface area contributed by atoms with E-state index >= 15 is 0 Å². The first kappa shape index (κ1) is 14.2. The molecule has 1 N–H and O–H groups in total. The summed E-state index contributed by atoms with van der Waals surface area (Å²) in [5.74, 6) is 0. The van der Waals surface area contributed by atoms with E-state index in [1.54, 1.807) is 12.1 Å². The number of halogens is 1. The summed E-state index contributed by atoms with van der Waals surface area (Å²) >= 11 is 5.95. The molecule has 0 aliphatic carbocycles. The Morgan fingerprint density at radius 1 is 1.53 bits per heavy atom. The van der Waals surface area contributed by atoms with Gasteiger partial charge < -0.3 is 5.32 Å². The van der Waals surface area contributed by atoms with Gasteiger partial charge in [-0.15, -0.1) is 0 Å². The van der Waals surface area contributed by atoms with Crippen LogP contribution >= 0.6 is 11.6 Å². The smallest absolute Gasteiger partial charge is 0.273 e. The molecule has 1 fully saturated rings. The number of nitro groups is 1. The molecule has 6 heteroatoms. The van der Waals surface area contributed by atoms with Gasteiger partial charge in [-0.1, -0.05) is 11.6 Å². The Morgan fingerprint density at radius 3 is 2.95 bits per heavy atom. The van der Waals surface area contributed by atoms with Crippen molar-refractivity contribution in [2.24, 2.45) is 0 Å². The lowest BCUT2D eigenvalue weighted by molar-refractivity contribution is -0.385. The average Bonchev–Trinajstić information content (AvgIpc) is 2.33. The van der Waals surface area contributed by atoms with Crippen molar-refractivity contribution in [1.29, 1.82) is 0 Å². The van der Waals surface area contributed by atoms with E-state index in [0.29, 0.717) is 29.2 Å². The van der Waals surface area contributed by atoms with Crippen LogP contribution in [-0.2, 0) is 6.54 Å². The van der Waals surface area contributed by atoms with Crippen molar-refractivity contribution in [3.05, 3.63) is 38.9 Å². The Hall–Kier alpha value is -1.17. The predicted octanol–water partition coefficient (Wildman–Crippen LogP) is 2.43. The van der Waals surface area contributed by atoms with E-state index < -0.39 is 0 Å². The highest BCUT2D eigenvalue weighted by molar-refractivity contribution is 6.30. The fourth-order valence-electron chi connectivity index (χ4n) is 2.40. The number of nitrogens with one attached hydrogen (secondary N) is 1. The van der Waals surface area contributed by atoms with Gasteiger partial charge in [0.15, 0.2) is 0 Å². The van der Waals surface area contributed by atoms with Crippen LogP contribution in [0.3, 0.4) is 0 Å². The van der Waals surface area contributed by atoms with Crippen molar-refractivity contribution in [2.45, 2.75) is 32.5 Å². The highest BCUT2D eigenvalue weighted by atomic mass is 35.5. The first-order valence-corrected chi connectivity index (χ1v) is 6.75. The van der Waals surface area contributed by atoms with E-state index in [9.17, 15) is 10.1 Å². The van der Waals surface area contributed by atoms with Gasteiger partial charge in [-0.05, 0) is 26.0 Å². The molecule has 1 saturated heterocycles. The molecule has 0 spiro atoms. The van der Waals surface area contributed by atoms with E-state index in [1.165, 1.54) is 6.07 Å². The zero-order valence-electron chi connectivity index (χ0n) is 11.1. The third kappa shape index (κ3) is 3.43. The Kier molecular flexibility index (Phi) is 4.39. The first-order chi connectivity index (χ1) is 8.97. The lowest BCUT2D eigenvalue weighted by Crippen LogP contribution is -2.53. The van der Waals surface area contributed by atoms with E-state index in [4.69, 9.17) is 11.6 Å². The molecular weight excluding hydrogens is 266 g/mol. The highest BCUT2D eigenvalue weighted by Gasteiger charge is 2.25. The second-order valence-corrected chi connectivity index (χ2v) is 5.55. The van der Waals surface area contributed by atoms with Crippen LogP contribution in [0.1, 0.15) is 19.4 Å². The monoisotopic (exact) mass is 283 g/mol. The fourth-order valence-corrected chi connectivity index (χ4v) is 2.59. The molecule has 0 radical (unpaired) electrons. The molecule has 5 nitrogen and oxygen atoms in total. The molecule has 0 aromatic heterocycles. The molecule has 1 aliphatic rings. The van der Waals surface area contributed by atoms with Crippen molar-refractivity contribution in [3.8, 4) is 0 Å². The fraction of sp³-hybridized carbons (Fsp3) is 0.538. The highest BCUT2D eigenvalue weighted by Crippen LogP contribution is 2.25. The normalized spacial score (nSPS) is 24.4. The SMILES string of the molecule is CC1CN(Cc2cc(Cl)ccc2[N+](=O)[O-])C(C)CN1. The molecule has 1 aromatic rings. The summed E-state index contributed by atoms with van der Waals surface area (Å²) in [7, 11) is 0. The van der Waals surface area contributed by atoms with Crippen LogP contribution < -0.4 is 5.32 Å². The van der Waals surface area contributed by atoms with Crippen molar-refractivity contribution >= 4 is 17.3 Å². The third-order valence-electron chi connectivity index (χ3n) is 3.51. The molecule has 0 saturated carbocycles. The summed E-state index contributed by atoms with van der Waals surface area (Å²) in [5.41, 5.74) is 0.821. The minimum Gasteiger partial charge on any atom is -0.311 e. The molecule has 2 unspecified atom stereocenters. The van der Waals surface area contributed by atoms with Gasteiger partial charge in [0.05, 0.1) is 4.92 Å². The van der Waals surface area contributed by atoms with Crippen molar-refractivity contribution in [2.75, 3.05) is 13.1 Å². The molecule has 1 aliphatic heterocycles. The molecule has 0 amide bonds. The summed E-state index contributed by atoms with van der Waals surface area (Å²) in [5, 5.41) is 15.0. The number of hydrogen-bond acceptors (Lipinski definition) is 4. The first-order valence-electron chi connectivity index (χ1n) is 6.37. The molecule has 2 rings (SSSR count). The van der Waals surface area contributed by atoms with Crippen LogP contribution in [-0.4, -0.2) is 35.0 Å². The van der Waals surface area contributed by atoms with E-state index in [-0.39, 0.29) is 10.6 Å². The molecule has 104 valence electrons. The van der Waals surface area contributed by atoms with Crippen molar-refractivity contribution in [1.82, 2.24) is 10.2 Å². The lowest BCUT2D eigenvalue weighted by atomic mass is 10.1. The molecule has 1 heterocycles. The molecular formula is C13H18ClN3O2. The lowest BCUT2D eigenvalue weighted by Gasteiger charge is -2.37. The Balaban J connectivity index is 2.22. The maximum Gasteiger partial charge on any atom is 0.273 e. The second kappa shape index (κ2) is 5.86. The zero-order chi connectivity index (χ0) is 14.0. The molecule has 19 heavy (non-hydrogen) atoms. The van der Waals surface area contributed by atoms with Crippen LogP contribution in [0.15, 0.2) is 18.2 Å². The standard InChI is InChI=1S/C13H18ClN3O2/c1-9-7-16(10(2)6-15-9)8-11-5-12(14)3-4-13(11)17(18)19/h3-5,9-10,15H,6-8H2,1-2H3. The van der Waals surface area contributed by atoms with Gasteiger partial charge in [0.1, 0.15) is 0 Å². The molecule has 2 atom stereocenters. The van der Waals surface area contributed by atoms with Crippen molar-refractivity contribution < 1.29 is 4.92 Å². The van der Waals surface area contributed by atoms with Gasteiger partial charge in [0, 0.05) is 48.4 Å². The van der Waals surface area contributed by atoms with Crippen LogP contribution in [0.25, 0.3) is 0 Å². The number of piperazine rings is 1. The van der Waals surface area contributed by atoms with Crippen LogP contribution in [0.4, 0.5) is 5.69 Å². The number of nitro benzene ring substituents is 1. The minimum absolute atomic E-state index is 0.141. The summed E-state index contributed by atoms with van der Waals surface area (Å²) in [4.78, 5) is 13.0. The quantitative estimate of drug-likeness (QED) is 0.684. The zero-order valence-corrected chi connectivity index (χ0v) is 11.9. The largest absolute Gasteiger partial charge is 0.311 e. The summed E-state index contributed by atoms with van der Waals surface area (Å²) in [6.07, 6.45) is 0. The van der Waals surface area contributed by atoms with E-state index in [2.05, 4.69) is 24.1 Å². The Morgan fingerprint density at radius 2 is 2.26 bits per heavy atom. The summed E-state index contributed by atoms with van der Waals surface area (Å²) in [6, 6.07) is 5.49. The van der Waals surface area contributed by atoms with Crippen LogP contribution in [0.5, 0.6) is 0 Å². The number of rotatable bonds is 3. The molecule has 0 bridgehead atoms. The van der Waals surface area contributed by atoms with E-state index in [0.717, 1.165) is 13.1 Å². The van der Waals surface area contributed by atoms with Crippen LogP contribution in [0.2, 0.25) is 5.02 Å². The summed E-state index contributed by atoms with van der Waals surface area (Å²) < 4.78 is 0. The number of nitrogens with zero attached hydrogens (tertiary/aromatic N) is 2. The van der Waals surface area contributed by atoms with Gasteiger partial charge in [-0.3, -0.25) is 15.0 Å². The maximum absolute atomic E-state index is 11.1. The minimum atomic E-state index is -0.345. The topological polar surface area (TPSA) is 58.4 Å². The van der Waals surface area contributed by atoms with Gasteiger partial charge >= 0.3 is 0 Å².